The first-order valence-electron chi connectivity index (χ1n) is 21.4. The topological polar surface area (TPSA) is 3.24 Å². The Kier molecular flexibility index (Phi) is 7.21. The van der Waals surface area contributed by atoms with Crippen molar-refractivity contribution in [1.82, 2.24) is 0 Å². The summed E-state index contributed by atoms with van der Waals surface area (Å²) in [7, 11) is 0. The van der Waals surface area contributed by atoms with E-state index in [4.69, 9.17) is 0 Å². The Hall–Kier alpha value is -4.66. The molecule has 0 radical (unpaired) electrons. The maximum Gasteiger partial charge on any atom is 0.0554 e. The lowest BCUT2D eigenvalue weighted by atomic mass is 9.50. The fourth-order valence-corrected chi connectivity index (χ4v) is 14.5. The Morgan fingerprint density at radius 3 is 2.16 bits per heavy atom. The molecule has 12 rings (SSSR count). The number of benzene rings is 6. The summed E-state index contributed by atoms with van der Waals surface area (Å²) in [6.45, 7) is 2.48. The third kappa shape index (κ3) is 4.41. The van der Waals surface area contributed by atoms with Gasteiger partial charge in [-0.05, 0) is 137 Å². The minimum absolute atomic E-state index is 0.0740. The van der Waals surface area contributed by atoms with E-state index in [2.05, 4.69) is 139 Å². The second-order valence-electron chi connectivity index (χ2n) is 17.7. The zero-order valence-corrected chi connectivity index (χ0v) is 32.8. The summed E-state index contributed by atoms with van der Waals surface area (Å²) in [4.78, 5) is 2.65. The van der Waals surface area contributed by atoms with Gasteiger partial charge in [-0.1, -0.05) is 130 Å². The van der Waals surface area contributed by atoms with Crippen LogP contribution in [0.1, 0.15) is 99.8 Å². The summed E-state index contributed by atoms with van der Waals surface area (Å²) in [5.74, 6) is 2.25. The SMILES string of the molecule is CCC1CC2CCCC(C2)C12c1ccccc1-c1ccc(N(c3ccc4c(c3)-c3ccccc3C43CCCCC3)c3cccc4sc5ccccc5c34)cc12. The van der Waals surface area contributed by atoms with E-state index >= 15 is 0 Å². The van der Waals surface area contributed by atoms with Crippen LogP contribution in [0.4, 0.5) is 17.1 Å². The van der Waals surface area contributed by atoms with Crippen LogP contribution in [-0.2, 0) is 10.8 Å². The van der Waals surface area contributed by atoms with Crippen molar-refractivity contribution in [3.63, 3.8) is 0 Å². The summed E-state index contributed by atoms with van der Waals surface area (Å²) >= 11 is 1.92. The van der Waals surface area contributed by atoms with Gasteiger partial charge < -0.3 is 4.90 Å². The minimum Gasteiger partial charge on any atom is -0.310 e. The van der Waals surface area contributed by atoms with Crippen LogP contribution in [0.15, 0.2) is 127 Å². The quantitative estimate of drug-likeness (QED) is 0.174. The van der Waals surface area contributed by atoms with E-state index in [-0.39, 0.29) is 10.8 Å². The van der Waals surface area contributed by atoms with E-state index in [1.54, 1.807) is 22.3 Å². The molecular weight excluding hydrogens is 683 g/mol. The molecule has 2 heteroatoms. The van der Waals surface area contributed by atoms with Gasteiger partial charge in [0.2, 0.25) is 0 Å². The van der Waals surface area contributed by atoms with Gasteiger partial charge in [0.05, 0.1) is 5.69 Å². The number of hydrogen-bond donors (Lipinski definition) is 0. The zero-order chi connectivity index (χ0) is 36.3. The summed E-state index contributed by atoms with van der Waals surface area (Å²) in [5.41, 5.74) is 16.2. The van der Waals surface area contributed by atoms with Gasteiger partial charge in [0.25, 0.3) is 0 Å². The lowest BCUT2D eigenvalue weighted by molar-refractivity contribution is 0.0557. The molecule has 7 aromatic rings. The predicted octanol–water partition coefficient (Wildman–Crippen LogP) is 15.3. The van der Waals surface area contributed by atoms with Crippen molar-refractivity contribution < 1.29 is 0 Å². The fourth-order valence-electron chi connectivity index (χ4n) is 13.3. The molecule has 3 fully saturated rings. The Bertz CT molecular complexity index is 2650. The first-order valence-corrected chi connectivity index (χ1v) is 22.2. The molecule has 1 aromatic heterocycles. The average Bonchev–Trinajstić information content (AvgIpc) is 3.85. The predicted molar refractivity (Wildman–Crippen MR) is 233 cm³/mol. The highest BCUT2D eigenvalue weighted by Gasteiger charge is 2.56. The molecule has 0 amide bonds. The van der Waals surface area contributed by atoms with Gasteiger partial charge in [0, 0.05) is 42.4 Å². The maximum absolute atomic E-state index is 2.68. The zero-order valence-electron chi connectivity index (χ0n) is 32.0. The van der Waals surface area contributed by atoms with Crippen molar-refractivity contribution in [2.45, 2.75) is 88.4 Å². The van der Waals surface area contributed by atoms with E-state index in [1.807, 2.05) is 11.3 Å². The Labute approximate surface area is 330 Å². The standard InChI is InChI=1S/C53H49NS/c1-2-35-30-34-14-12-15-36(31-34)53(35)46-20-8-5-16-39(46)41-26-24-38(33-47(41)53)54(48-21-13-23-50-51(48)42-18-6-9-22-49(42)55-50)37-25-27-45-43(32-37)40-17-4-7-19-44(40)52(45)28-10-3-11-29-52/h4-9,13,16-27,32-36H,2-3,10-12,14-15,28-31H2,1H3. The van der Waals surface area contributed by atoms with Crippen molar-refractivity contribution in [2.24, 2.45) is 17.8 Å². The van der Waals surface area contributed by atoms with Crippen LogP contribution >= 0.6 is 11.3 Å². The maximum atomic E-state index is 2.68. The third-order valence-corrected chi connectivity index (χ3v) is 16.5. The van der Waals surface area contributed by atoms with Gasteiger partial charge >= 0.3 is 0 Å². The number of fused-ring (bicyclic) bond motifs is 16. The minimum atomic E-state index is 0.0740. The first kappa shape index (κ1) is 32.6. The number of thiophene rings is 1. The molecule has 4 atom stereocenters. The van der Waals surface area contributed by atoms with Gasteiger partial charge in [0.15, 0.2) is 0 Å². The van der Waals surface area contributed by atoms with Gasteiger partial charge in [0.1, 0.15) is 0 Å². The van der Waals surface area contributed by atoms with Crippen LogP contribution < -0.4 is 4.90 Å². The Morgan fingerprint density at radius 2 is 1.29 bits per heavy atom. The summed E-state index contributed by atoms with van der Waals surface area (Å²) in [5, 5.41) is 2.72. The van der Waals surface area contributed by atoms with Crippen LogP contribution in [0.25, 0.3) is 42.4 Å². The number of nitrogens with zero attached hydrogens (tertiary/aromatic N) is 1. The van der Waals surface area contributed by atoms with E-state index in [1.165, 1.54) is 130 Å². The normalized spacial score (nSPS) is 24.2. The molecule has 1 heterocycles. The highest BCUT2D eigenvalue weighted by molar-refractivity contribution is 7.26. The molecule has 0 aliphatic heterocycles. The van der Waals surface area contributed by atoms with Crippen LogP contribution in [0.5, 0.6) is 0 Å². The molecule has 4 unspecified atom stereocenters. The van der Waals surface area contributed by atoms with Gasteiger partial charge in [-0.3, -0.25) is 0 Å². The molecule has 3 saturated carbocycles. The molecule has 5 aliphatic carbocycles. The molecule has 55 heavy (non-hydrogen) atoms. The van der Waals surface area contributed by atoms with Crippen molar-refractivity contribution in [3.8, 4) is 22.3 Å². The number of anilines is 3. The average molecular weight is 732 g/mol. The molecule has 2 bridgehead atoms. The second-order valence-corrected chi connectivity index (χ2v) is 18.8. The van der Waals surface area contributed by atoms with Crippen LogP contribution in [0.2, 0.25) is 0 Å². The molecule has 6 aromatic carbocycles. The highest BCUT2D eigenvalue weighted by Crippen LogP contribution is 2.65. The summed E-state index contributed by atoms with van der Waals surface area (Å²) in [6.07, 6.45) is 14.6. The first-order chi connectivity index (χ1) is 27.2. The smallest absolute Gasteiger partial charge is 0.0554 e. The number of hydrogen-bond acceptors (Lipinski definition) is 2. The monoisotopic (exact) mass is 731 g/mol. The van der Waals surface area contributed by atoms with Crippen LogP contribution in [0.3, 0.4) is 0 Å². The van der Waals surface area contributed by atoms with E-state index in [0.717, 1.165) is 5.92 Å². The second kappa shape index (κ2) is 12.2. The molecule has 2 spiro atoms. The van der Waals surface area contributed by atoms with Crippen molar-refractivity contribution in [1.29, 1.82) is 0 Å². The Morgan fingerprint density at radius 1 is 0.582 bits per heavy atom. The van der Waals surface area contributed by atoms with Crippen LogP contribution in [0, 0.1) is 17.8 Å². The van der Waals surface area contributed by atoms with E-state index in [0.29, 0.717) is 11.8 Å². The van der Waals surface area contributed by atoms with Crippen molar-refractivity contribution in [2.75, 3.05) is 4.90 Å². The van der Waals surface area contributed by atoms with E-state index < -0.39 is 0 Å². The molecule has 1 nitrogen and oxygen atoms in total. The van der Waals surface area contributed by atoms with E-state index in [9.17, 15) is 0 Å². The molecule has 5 aliphatic rings. The molecule has 0 N–H and O–H groups in total. The third-order valence-electron chi connectivity index (χ3n) is 15.4. The van der Waals surface area contributed by atoms with Crippen molar-refractivity contribution >= 4 is 48.6 Å². The molecule has 272 valence electrons. The van der Waals surface area contributed by atoms with Gasteiger partial charge in [-0.25, -0.2) is 0 Å². The van der Waals surface area contributed by atoms with Crippen LogP contribution in [-0.4, -0.2) is 0 Å². The summed E-state index contributed by atoms with van der Waals surface area (Å²) in [6, 6.07) is 50.2. The molecular formula is C53H49NS. The fraction of sp³-hybridized carbons (Fsp3) is 0.321. The van der Waals surface area contributed by atoms with Gasteiger partial charge in [-0.15, -0.1) is 11.3 Å². The Balaban J connectivity index is 1.12. The largest absolute Gasteiger partial charge is 0.310 e. The number of rotatable bonds is 4. The van der Waals surface area contributed by atoms with Gasteiger partial charge in [-0.2, -0.15) is 0 Å². The highest BCUT2D eigenvalue weighted by atomic mass is 32.1. The lowest BCUT2D eigenvalue weighted by Crippen LogP contribution is -2.48. The molecule has 0 saturated heterocycles. The van der Waals surface area contributed by atoms with Crippen molar-refractivity contribution in [3.05, 3.63) is 150 Å². The lowest BCUT2D eigenvalue weighted by Gasteiger charge is -2.54. The summed E-state index contributed by atoms with van der Waals surface area (Å²) < 4.78 is 2.71.